The average molecular weight is 481 g/mol. The van der Waals surface area contributed by atoms with E-state index in [4.69, 9.17) is 22.7 Å². The van der Waals surface area contributed by atoms with Crippen LogP contribution in [0.3, 0.4) is 0 Å². The number of hydrogen-bond donors (Lipinski definition) is 3. The number of nitrogens with zero attached hydrogens (tertiary/aromatic N) is 6. The Labute approximate surface area is 192 Å². The largest absolute Gasteiger partial charge is 0.434 e. The van der Waals surface area contributed by atoms with Crippen LogP contribution in [0, 0.1) is 0 Å². The smallest absolute Gasteiger partial charge is 0.404 e. The summed E-state index contributed by atoms with van der Waals surface area (Å²) in [5, 5.41) is 9.35. The first-order valence-electron chi connectivity index (χ1n) is 10.1. The van der Waals surface area contributed by atoms with Gasteiger partial charge in [0.2, 0.25) is 0 Å². The lowest BCUT2D eigenvalue weighted by atomic mass is 9.96. The first-order valence-corrected chi connectivity index (χ1v) is 10.4. The Balaban J connectivity index is 1.78. The molecule has 3 atom stereocenters. The molecule has 0 aliphatic carbocycles. The molecule has 33 heavy (non-hydrogen) atoms. The number of alkyl halides is 3. The predicted octanol–water partition coefficient (Wildman–Crippen LogP) is 1.09. The van der Waals surface area contributed by atoms with E-state index in [-0.39, 0.29) is 40.4 Å². The van der Waals surface area contributed by atoms with E-state index in [1.54, 1.807) is 6.07 Å². The van der Waals surface area contributed by atoms with Crippen molar-refractivity contribution in [3.63, 3.8) is 0 Å². The topological polar surface area (TPSA) is 123 Å². The van der Waals surface area contributed by atoms with Crippen LogP contribution in [0.15, 0.2) is 36.4 Å². The number of nitrogens with one attached hydrogen (secondary N) is 1. The van der Waals surface area contributed by atoms with E-state index in [1.807, 2.05) is 18.7 Å². The van der Waals surface area contributed by atoms with Crippen LogP contribution < -0.4 is 21.4 Å². The summed E-state index contributed by atoms with van der Waals surface area (Å²) in [5.74, 6) is 0.656. The molecular weight excluding hydrogens is 459 g/mol. The molecule has 9 nitrogen and oxygen atoms in total. The van der Waals surface area contributed by atoms with Crippen molar-refractivity contribution in [3.05, 3.63) is 47.3 Å². The molecule has 13 heteroatoms. The van der Waals surface area contributed by atoms with Crippen LogP contribution in [0.1, 0.15) is 19.5 Å². The van der Waals surface area contributed by atoms with E-state index < -0.39 is 11.9 Å². The standard InChI is InChI=1S/C20H21ClF3N9/c1-10-8-32(11(2)18(29-10)12(4-25)5-26)16-3-15(21)30-19(31-16)13-6-28-17-7-27-14(9-33(13)17)20(22,23)24/h3-7,9-11,18,25,29H,8,26H2,1-2H3/p+1/b12-5+,25-4?. The molecule has 1 saturated heterocycles. The van der Waals surface area contributed by atoms with Crippen molar-refractivity contribution in [2.45, 2.75) is 38.1 Å². The number of hydrogen-bond acceptors (Lipinski definition) is 7. The van der Waals surface area contributed by atoms with Gasteiger partial charge in [0.1, 0.15) is 16.7 Å². The van der Waals surface area contributed by atoms with Crippen LogP contribution in [0.25, 0.3) is 17.2 Å². The number of halogens is 4. The quantitative estimate of drug-likeness (QED) is 0.377. The summed E-state index contributed by atoms with van der Waals surface area (Å²) in [5.41, 5.74) is 5.90. The molecule has 3 unspecified atom stereocenters. The van der Waals surface area contributed by atoms with Gasteiger partial charge in [-0.25, -0.2) is 19.9 Å². The van der Waals surface area contributed by atoms with E-state index in [9.17, 15) is 13.2 Å². The highest BCUT2D eigenvalue weighted by molar-refractivity contribution is 6.29. The van der Waals surface area contributed by atoms with Crippen LogP contribution in [-0.4, -0.2) is 55.2 Å². The van der Waals surface area contributed by atoms with Crippen LogP contribution >= 0.6 is 11.6 Å². The van der Waals surface area contributed by atoms with E-state index >= 15 is 0 Å². The Morgan fingerprint density at radius 1 is 1.27 bits per heavy atom. The lowest BCUT2D eigenvalue weighted by molar-refractivity contribution is -0.141. The fourth-order valence-corrected chi connectivity index (χ4v) is 4.13. The van der Waals surface area contributed by atoms with Crippen molar-refractivity contribution in [3.8, 4) is 11.5 Å². The zero-order chi connectivity index (χ0) is 23.9. The molecule has 1 aliphatic rings. The van der Waals surface area contributed by atoms with Gasteiger partial charge in [0.25, 0.3) is 0 Å². The molecule has 3 aromatic rings. The van der Waals surface area contributed by atoms with Gasteiger partial charge in [0, 0.05) is 42.7 Å². The van der Waals surface area contributed by atoms with E-state index in [0.29, 0.717) is 12.4 Å². The van der Waals surface area contributed by atoms with Crippen LogP contribution in [0.5, 0.6) is 0 Å². The van der Waals surface area contributed by atoms with E-state index in [0.717, 1.165) is 18.0 Å². The van der Waals surface area contributed by atoms with Gasteiger partial charge in [0.15, 0.2) is 23.4 Å². The summed E-state index contributed by atoms with van der Waals surface area (Å²) >= 11 is 6.31. The second-order valence-corrected chi connectivity index (χ2v) is 8.17. The highest BCUT2D eigenvalue weighted by atomic mass is 35.5. The molecular formula is C20H22ClF3N9+. The molecule has 5 N–H and O–H groups in total. The first kappa shape index (κ1) is 22.9. The number of anilines is 1. The molecule has 4 heterocycles. The van der Waals surface area contributed by atoms with Crippen LogP contribution in [-0.2, 0) is 6.18 Å². The zero-order valence-electron chi connectivity index (χ0n) is 17.8. The molecule has 0 bridgehead atoms. The van der Waals surface area contributed by atoms with Gasteiger partial charge in [-0.15, -0.1) is 0 Å². The summed E-state index contributed by atoms with van der Waals surface area (Å²) in [6, 6.07) is 1.39. The number of imidazole rings is 1. The van der Waals surface area contributed by atoms with Gasteiger partial charge in [-0.1, -0.05) is 11.6 Å². The normalized spacial score (nSPS) is 22.1. The molecule has 0 saturated carbocycles. The first-order chi connectivity index (χ1) is 15.6. The van der Waals surface area contributed by atoms with Crippen LogP contribution in [0.4, 0.5) is 19.0 Å². The molecule has 0 spiro atoms. The second-order valence-electron chi connectivity index (χ2n) is 7.79. The monoisotopic (exact) mass is 480 g/mol. The minimum atomic E-state index is -4.61. The number of fused-ring (bicyclic) bond motifs is 1. The Hall–Kier alpha value is -3.25. The fourth-order valence-electron chi connectivity index (χ4n) is 3.95. The minimum absolute atomic E-state index is 0.0644. The van der Waals surface area contributed by atoms with Crippen molar-refractivity contribution in [2.24, 2.45) is 5.73 Å². The van der Waals surface area contributed by atoms with Gasteiger partial charge >= 0.3 is 6.18 Å². The summed E-state index contributed by atoms with van der Waals surface area (Å²) < 4.78 is 40.8. The summed E-state index contributed by atoms with van der Waals surface area (Å²) in [6.07, 6.45) is 1.60. The summed E-state index contributed by atoms with van der Waals surface area (Å²) in [6.45, 7) is 4.60. The lowest BCUT2D eigenvalue weighted by Crippen LogP contribution is -2.62. The third-order valence-electron chi connectivity index (χ3n) is 5.54. The van der Waals surface area contributed by atoms with E-state index in [1.165, 1.54) is 23.0 Å². The second kappa shape index (κ2) is 8.60. The molecule has 4 rings (SSSR count). The Morgan fingerprint density at radius 2 is 2.03 bits per heavy atom. The maximum atomic E-state index is 13.2. The Kier molecular flexibility index (Phi) is 5.97. The van der Waals surface area contributed by atoms with Gasteiger partial charge in [0.05, 0.1) is 18.4 Å². The fraction of sp³-hybridized carbons (Fsp3) is 0.350. The summed E-state index contributed by atoms with van der Waals surface area (Å²) in [7, 11) is 0. The van der Waals surface area contributed by atoms with Crippen molar-refractivity contribution in [1.82, 2.24) is 29.7 Å². The molecule has 3 aromatic heterocycles. The van der Waals surface area contributed by atoms with Crippen molar-refractivity contribution < 1.29 is 18.6 Å². The molecule has 1 aliphatic heterocycles. The van der Waals surface area contributed by atoms with Gasteiger partial charge in [-0.2, -0.15) is 13.2 Å². The Bertz CT molecular complexity index is 1220. The number of aromatic nitrogens is 5. The predicted molar refractivity (Wildman–Crippen MR) is 117 cm³/mol. The number of piperazine rings is 1. The lowest BCUT2D eigenvalue weighted by Gasteiger charge is -2.44. The number of nitrogens with two attached hydrogens (primary N) is 2. The van der Waals surface area contributed by atoms with Gasteiger partial charge < -0.3 is 16.0 Å². The maximum absolute atomic E-state index is 13.2. The van der Waals surface area contributed by atoms with Gasteiger partial charge in [-0.3, -0.25) is 9.81 Å². The third-order valence-corrected chi connectivity index (χ3v) is 5.74. The maximum Gasteiger partial charge on any atom is 0.434 e. The van der Waals surface area contributed by atoms with Crippen molar-refractivity contribution in [2.75, 3.05) is 11.4 Å². The molecule has 0 radical (unpaired) electrons. The molecule has 0 aromatic carbocycles. The molecule has 1 fully saturated rings. The SMILES string of the molecule is CC1CN(c2cc(Cl)nc(-c3cnc4cnc(C(F)(F)F)cn34)n2)C(C)C(/C(C=[NH2+])=C/N)N1. The number of rotatable bonds is 4. The zero-order valence-corrected chi connectivity index (χ0v) is 18.5. The molecule has 0 amide bonds. The minimum Gasteiger partial charge on any atom is -0.404 e. The van der Waals surface area contributed by atoms with Crippen molar-refractivity contribution >= 4 is 29.3 Å². The van der Waals surface area contributed by atoms with Crippen LogP contribution in [0.2, 0.25) is 5.15 Å². The van der Waals surface area contributed by atoms with Crippen molar-refractivity contribution in [1.29, 1.82) is 0 Å². The van der Waals surface area contributed by atoms with E-state index in [2.05, 4.69) is 25.3 Å². The summed E-state index contributed by atoms with van der Waals surface area (Å²) in [4.78, 5) is 18.4. The highest BCUT2D eigenvalue weighted by Crippen LogP contribution is 2.30. The molecule has 174 valence electrons. The highest BCUT2D eigenvalue weighted by Gasteiger charge is 2.35. The third kappa shape index (κ3) is 4.35. The average Bonchev–Trinajstić information content (AvgIpc) is 3.19. The van der Waals surface area contributed by atoms with Gasteiger partial charge in [-0.05, 0) is 13.8 Å². The Morgan fingerprint density at radius 3 is 2.70 bits per heavy atom.